The summed E-state index contributed by atoms with van der Waals surface area (Å²) in [5, 5.41) is 13.2. The van der Waals surface area contributed by atoms with E-state index in [1.165, 1.54) is 44.9 Å². The maximum absolute atomic E-state index is 12.1. The van der Waals surface area contributed by atoms with Gasteiger partial charge < -0.3 is 10.4 Å². The first-order chi connectivity index (χ1) is 12.8. The number of carbonyl (C=O) groups excluding carboxylic acids is 1. The summed E-state index contributed by atoms with van der Waals surface area (Å²) in [5.74, 6) is 0.465. The van der Waals surface area contributed by atoms with Crippen molar-refractivity contribution < 1.29 is 9.90 Å². The monoisotopic (exact) mass is 375 g/mol. The number of aryl methyl sites for hydroxylation is 1. The van der Waals surface area contributed by atoms with Crippen LogP contribution in [0.1, 0.15) is 109 Å². The molecule has 0 saturated heterocycles. The third-order valence-corrected chi connectivity index (χ3v) is 5.25. The highest BCUT2D eigenvalue weighted by Gasteiger charge is 2.19. The molecule has 0 heterocycles. The van der Waals surface area contributed by atoms with Gasteiger partial charge in [0, 0.05) is 13.0 Å². The zero-order chi connectivity index (χ0) is 20.3. The highest BCUT2D eigenvalue weighted by atomic mass is 16.3. The molecule has 0 unspecified atom stereocenters. The topological polar surface area (TPSA) is 49.3 Å². The standard InChI is InChI=1S/C24H41NO2/c1-6-7-8-9-10-11-12-13-14-15-23(27)25-18-20-17-21(24(3,4)5)22(26)16-19(20)2/h16-17,26H,6-15,18H2,1-5H3,(H,25,27). The first-order valence-corrected chi connectivity index (χ1v) is 10.9. The average molecular weight is 376 g/mol. The molecule has 0 radical (unpaired) electrons. The van der Waals surface area contributed by atoms with Gasteiger partial charge in [0.15, 0.2) is 0 Å². The summed E-state index contributed by atoms with van der Waals surface area (Å²) >= 11 is 0. The normalized spacial score (nSPS) is 11.6. The van der Waals surface area contributed by atoms with Crippen molar-refractivity contribution in [3.63, 3.8) is 0 Å². The van der Waals surface area contributed by atoms with Gasteiger partial charge in [-0.05, 0) is 47.6 Å². The van der Waals surface area contributed by atoms with Crippen molar-refractivity contribution in [1.82, 2.24) is 5.32 Å². The van der Waals surface area contributed by atoms with Crippen LogP contribution in [0.3, 0.4) is 0 Å². The molecule has 0 aromatic heterocycles. The van der Waals surface area contributed by atoms with E-state index in [-0.39, 0.29) is 11.3 Å². The highest BCUT2D eigenvalue weighted by Crippen LogP contribution is 2.32. The zero-order valence-corrected chi connectivity index (χ0v) is 18.3. The number of hydrogen-bond donors (Lipinski definition) is 2. The lowest BCUT2D eigenvalue weighted by Crippen LogP contribution is -2.23. The summed E-state index contributed by atoms with van der Waals surface area (Å²) in [6, 6.07) is 3.84. The van der Waals surface area contributed by atoms with Crippen LogP contribution in [0.2, 0.25) is 0 Å². The molecule has 0 spiro atoms. The number of phenols is 1. The van der Waals surface area contributed by atoms with E-state index in [9.17, 15) is 9.90 Å². The van der Waals surface area contributed by atoms with Gasteiger partial charge in [0.05, 0.1) is 0 Å². The predicted octanol–water partition coefficient (Wildman–Crippen LogP) is 6.54. The number of unbranched alkanes of at least 4 members (excludes halogenated alkanes) is 8. The minimum absolute atomic E-state index is 0.118. The van der Waals surface area contributed by atoms with Gasteiger partial charge in [-0.25, -0.2) is 0 Å². The number of hydrogen-bond acceptors (Lipinski definition) is 2. The molecule has 1 aromatic rings. The minimum Gasteiger partial charge on any atom is -0.508 e. The Morgan fingerprint density at radius 3 is 2.07 bits per heavy atom. The van der Waals surface area contributed by atoms with Crippen molar-refractivity contribution in [2.75, 3.05) is 0 Å². The number of amides is 1. The molecule has 1 amide bonds. The molecule has 3 heteroatoms. The van der Waals surface area contributed by atoms with E-state index < -0.39 is 0 Å². The van der Waals surface area contributed by atoms with Crippen LogP contribution in [0.5, 0.6) is 5.75 Å². The largest absolute Gasteiger partial charge is 0.508 e. The number of aromatic hydroxyl groups is 1. The molecule has 0 bridgehead atoms. The van der Waals surface area contributed by atoms with Gasteiger partial charge in [-0.2, -0.15) is 0 Å². The lowest BCUT2D eigenvalue weighted by molar-refractivity contribution is -0.121. The molecule has 1 rings (SSSR count). The SMILES string of the molecule is CCCCCCCCCCCC(=O)NCc1cc(C(C)(C)C)c(O)cc1C. The van der Waals surface area contributed by atoms with Crippen molar-refractivity contribution in [3.8, 4) is 5.75 Å². The summed E-state index contributed by atoms with van der Waals surface area (Å²) in [5.41, 5.74) is 2.91. The maximum atomic E-state index is 12.1. The predicted molar refractivity (Wildman–Crippen MR) is 115 cm³/mol. The van der Waals surface area contributed by atoms with Crippen molar-refractivity contribution >= 4 is 5.91 Å². The van der Waals surface area contributed by atoms with E-state index in [1.54, 1.807) is 0 Å². The maximum Gasteiger partial charge on any atom is 0.220 e. The number of rotatable bonds is 12. The number of nitrogens with one attached hydrogen (secondary N) is 1. The molecule has 0 atom stereocenters. The van der Waals surface area contributed by atoms with Crippen molar-refractivity contribution in [3.05, 3.63) is 28.8 Å². The first kappa shape index (κ1) is 23.5. The Kier molecular flexibility index (Phi) is 10.5. The van der Waals surface area contributed by atoms with Crippen molar-refractivity contribution in [2.24, 2.45) is 0 Å². The Labute approximate surface area is 167 Å². The number of benzene rings is 1. The van der Waals surface area contributed by atoms with Gasteiger partial charge >= 0.3 is 0 Å². The van der Waals surface area contributed by atoms with E-state index >= 15 is 0 Å². The van der Waals surface area contributed by atoms with E-state index in [2.05, 4.69) is 33.0 Å². The van der Waals surface area contributed by atoms with Crippen LogP contribution in [0, 0.1) is 6.92 Å². The second-order valence-electron chi connectivity index (χ2n) is 8.90. The molecular formula is C24H41NO2. The smallest absolute Gasteiger partial charge is 0.220 e. The molecule has 0 aliphatic heterocycles. The van der Waals surface area contributed by atoms with Gasteiger partial charge in [0.25, 0.3) is 0 Å². The van der Waals surface area contributed by atoms with Gasteiger partial charge in [0.1, 0.15) is 5.75 Å². The Hall–Kier alpha value is -1.51. The van der Waals surface area contributed by atoms with Crippen LogP contribution in [0.15, 0.2) is 12.1 Å². The van der Waals surface area contributed by atoms with E-state index in [0.717, 1.165) is 29.5 Å². The molecule has 3 nitrogen and oxygen atoms in total. The fourth-order valence-electron chi connectivity index (χ4n) is 3.41. The Morgan fingerprint density at radius 1 is 0.963 bits per heavy atom. The lowest BCUT2D eigenvalue weighted by Gasteiger charge is -2.22. The molecule has 0 fully saturated rings. The molecule has 0 aliphatic carbocycles. The molecule has 0 aliphatic rings. The fraction of sp³-hybridized carbons (Fsp3) is 0.708. The molecule has 1 aromatic carbocycles. The molecule has 0 saturated carbocycles. The highest BCUT2D eigenvalue weighted by molar-refractivity contribution is 5.75. The summed E-state index contributed by atoms with van der Waals surface area (Å²) in [6.45, 7) is 11.0. The minimum atomic E-state index is -0.118. The molecule has 27 heavy (non-hydrogen) atoms. The Bertz CT molecular complexity index is 572. The fourth-order valence-corrected chi connectivity index (χ4v) is 3.41. The third-order valence-electron chi connectivity index (χ3n) is 5.25. The summed E-state index contributed by atoms with van der Waals surface area (Å²) in [6.07, 6.45) is 12.0. The van der Waals surface area contributed by atoms with E-state index in [4.69, 9.17) is 0 Å². The van der Waals surface area contributed by atoms with Gasteiger partial charge in [-0.15, -0.1) is 0 Å². The Balaban J connectivity index is 2.29. The lowest BCUT2D eigenvalue weighted by atomic mass is 9.84. The summed E-state index contributed by atoms with van der Waals surface area (Å²) < 4.78 is 0. The van der Waals surface area contributed by atoms with E-state index in [0.29, 0.717) is 18.7 Å². The third kappa shape index (κ3) is 9.30. The number of carbonyl (C=O) groups is 1. The summed E-state index contributed by atoms with van der Waals surface area (Å²) in [7, 11) is 0. The van der Waals surface area contributed by atoms with Crippen molar-refractivity contribution in [2.45, 2.75) is 111 Å². The van der Waals surface area contributed by atoms with Gasteiger partial charge in [-0.1, -0.05) is 79.1 Å². The van der Waals surface area contributed by atoms with Crippen LogP contribution in [0.25, 0.3) is 0 Å². The second-order valence-corrected chi connectivity index (χ2v) is 8.90. The van der Waals surface area contributed by atoms with Crippen LogP contribution >= 0.6 is 0 Å². The van der Waals surface area contributed by atoms with Crippen LogP contribution in [-0.4, -0.2) is 11.0 Å². The second kappa shape index (κ2) is 12.0. The first-order valence-electron chi connectivity index (χ1n) is 10.9. The molecule has 2 N–H and O–H groups in total. The van der Waals surface area contributed by atoms with Crippen LogP contribution in [0.4, 0.5) is 0 Å². The van der Waals surface area contributed by atoms with Crippen molar-refractivity contribution in [1.29, 1.82) is 0 Å². The van der Waals surface area contributed by atoms with Gasteiger partial charge in [0.2, 0.25) is 5.91 Å². The quantitative estimate of drug-likeness (QED) is 0.408. The average Bonchev–Trinajstić information content (AvgIpc) is 2.58. The summed E-state index contributed by atoms with van der Waals surface area (Å²) in [4.78, 5) is 12.1. The van der Waals surface area contributed by atoms with Crippen LogP contribution < -0.4 is 5.32 Å². The Morgan fingerprint density at radius 2 is 1.52 bits per heavy atom. The zero-order valence-electron chi connectivity index (χ0n) is 18.3. The van der Waals surface area contributed by atoms with Gasteiger partial charge in [-0.3, -0.25) is 4.79 Å². The molecular weight excluding hydrogens is 334 g/mol. The van der Waals surface area contributed by atoms with E-state index in [1.807, 2.05) is 19.1 Å². The number of phenolic OH excluding ortho intramolecular Hbond substituents is 1. The molecule has 154 valence electrons. The van der Waals surface area contributed by atoms with Crippen LogP contribution in [-0.2, 0) is 16.8 Å².